The number of rotatable bonds is 10. The lowest BCUT2D eigenvalue weighted by atomic mass is 10.0. The van der Waals surface area contributed by atoms with Crippen molar-refractivity contribution in [2.75, 3.05) is 34.0 Å². The lowest BCUT2D eigenvalue weighted by Crippen LogP contribution is -2.28. The molecular formula is C16H28O7. The molecule has 0 amide bonds. The molecule has 1 heterocycles. The molecule has 1 saturated heterocycles. The summed E-state index contributed by atoms with van der Waals surface area (Å²) in [5.74, 6) is -0.529. The Morgan fingerprint density at radius 2 is 1.70 bits per heavy atom. The Balaban J connectivity index is 2.20. The molecular weight excluding hydrogens is 304 g/mol. The van der Waals surface area contributed by atoms with E-state index in [-0.39, 0.29) is 44.9 Å². The van der Waals surface area contributed by atoms with Crippen LogP contribution < -0.4 is 0 Å². The van der Waals surface area contributed by atoms with Gasteiger partial charge in [0, 0.05) is 14.2 Å². The maximum atomic E-state index is 11.7. The summed E-state index contributed by atoms with van der Waals surface area (Å²) in [5, 5.41) is 0. The van der Waals surface area contributed by atoms with E-state index in [4.69, 9.17) is 23.7 Å². The van der Waals surface area contributed by atoms with Crippen LogP contribution in [0.25, 0.3) is 0 Å². The van der Waals surface area contributed by atoms with Crippen LogP contribution in [0.2, 0.25) is 0 Å². The van der Waals surface area contributed by atoms with Gasteiger partial charge in [-0.05, 0) is 19.3 Å². The Morgan fingerprint density at radius 1 is 1.09 bits per heavy atom. The predicted octanol–water partition coefficient (Wildman–Crippen LogP) is 1.33. The van der Waals surface area contributed by atoms with E-state index in [1.807, 2.05) is 6.92 Å². The van der Waals surface area contributed by atoms with Crippen molar-refractivity contribution >= 4 is 11.9 Å². The zero-order chi connectivity index (χ0) is 17.2. The molecule has 0 radical (unpaired) electrons. The van der Waals surface area contributed by atoms with Gasteiger partial charge in [0.2, 0.25) is 0 Å². The molecule has 1 aliphatic rings. The van der Waals surface area contributed by atoms with Gasteiger partial charge in [-0.15, -0.1) is 0 Å². The lowest BCUT2D eigenvalue weighted by molar-refractivity contribution is -0.158. The first-order valence-electron chi connectivity index (χ1n) is 7.94. The highest BCUT2D eigenvalue weighted by Crippen LogP contribution is 2.25. The van der Waals surface area contributed by atoms with Crippen molar-refractivity contribution in [3.05, 3.63) is 0 Å². The lowest BCUT2D eigenvalue weighted by Gasteiger charge is -2.16. The summed E-state index contributed by atoms with van der Waals surface area (Å²) in [6.07, 6.45) is 0.593. The fourth-order valence-corrected chi connectivity index (χ4v) is 2.55. The SMILES string of the molecule is COCC(COC)OC(=O)CCC(=O)OC[C@@H]1OC(C)C[C@@H]1C. The van der Waals surface area contributed by atoms with Crippen molar-refractivity contribution in [2.45, 2.75) is 51.4 Å². The van der Waals surface area contributed by atoms with Crippen molar-refractivity contribution in [2.24, 2.45) is 5.92 Å². The highest BCUT2D eigenvalue weighted by molar-refractivity contribution is 5.77. The van der Waals surface area contributed by atoms with Gasteiger partial charge in [0.25, 0.3) is 0 Å². The van der Waals surface area contributed by atoms with E-state index in [9.17, 15) is 9.59 Å². The van der Waals surface area contributed by atoms with Crippen LogP contribution in [0.4, 0.5) is 0 Å². The third-order valence-corrected chi connectivity index (χ3v) is 3.69. The molecule has 0 aromatic carbocycles. The molecule has 7 nitrogen and oxygen atoms in total. The van der Waals surface area contributed by atoms with Crippen LogP contribution >= 0.6 is 0 Å². The maximum Gasteiger partial charge on any atom is 0.306 e. The molecule has 0 saturated carbocycles. The van der Waals surface area contributed by atoms with Crippen LogP contribution in [0.15, 0.2) is 0 Å². The minimum atomic E-state index is -0.472. The van der Waals surface area contributed by atoms with Crippen LogP contribution in [0.3, 0.4) is 0 Å². The molecule has 7 heteroatoms. The molecule has 0 spiro atoms. The maximum absolute atomic E-state index is 11.7. The Hall–Kier alpha value is -1.18. The fourth-order valence-electron chi connectivity index (χ4n) is 2.55. The summed E-state index contributed by atoms with van der Waals surface area (Å²) in [5.41, 5.74) is 0. The minimum absolute atomic E-state index is 0.0117. The predicted molar refractivity (Wildman–Crippen MR) is 81.9 cm³/mol. The van der Waals surface area contributed by atoms with E-state index in [1.165, 1.54) is 14.2 Å². The summed E-state index contributed by atoms with van der Waals surface area (Å²) >= 11 is 0. The Kier molecular flexibility index (Phi) is 9.13. The molecule has 0 N–H and O–H groups in total. The molecule has 134 valence electrons. The largest absolute Gasteiger partial charge is 0.463 e. The summed E-state index contributed by atoms with van der Waals surface area (Å²) in [6, 6.07) is 0. The van der Waals surface area contributed by atoms with E-state index in [0.717, 1.165) is 6.42 Å². The van der Waals surface area contributed by atoms with Crippen molar-refractivity contribution in [3.8, 4) is 0 Å². The molecule has 1 aliphatic heterocycles. The highest BCUT2D eigenvalue weighted by Gasteiger charge is 2.30. The summed E-state index contributed by atoms with van der Waals surface area (Å²) in [6.45, 7) is 4.81. The first-order chi connectivity index (χ1) is 11.0. The molecule has 0 aromatic heterocycles. The van der Waals surface area contributed by atoms with Crippen molar-refractivity contribution in [1.29, 1.82) is 0 Å². The van der Waals surface area contributed by atoms with E-state index in [0.29, 0.717) is 5.92 Å². The van der Waals surface area contributed by atoms with E-state index in [2.05, 4.69) is 6.92 Å². The third kappa shape index (κ3) is 7.76. The van der Waals surface area contributed by atoms with E-state index >= 15 is 0 Å². The van der Waals surface area contributed by atoms with Gasteiger partial charge < -0.3 is 23.7 Å². The van der Waals surface area contributed by atoms with Gasteiger partial charge in [0.05, 0.1) is 38.3 Å². The van der Waals surface area contributed by atoms with E-state index < -0.39 is 18.0 Å². The molecule has 1 fully saturated rings. The van der Waals surface area contributed by atoms with Gasteiger partial charge >= 0.3 is 11.9 Å². The average Bonchev–Trinajstić information content (AvgIpc) is 2.81. The number of carbonyl (C=O) groups is 2. The van der Waals surface area contributed by atoms with E-state index in [1.54, 1.807) is 0 Å². The quantitative estimate of drug-likeness (QED) is 0.558. The van der Waals surface area contributed by atoms with Gasteiger partial charge in [0.1, 0.15) is 12.7 Å². The Morgan fingerprint density at radius 3 is 2.22 bits per heavy atom. The van der Waals surface area contributed by atoms with Gasteiger partial charge in [0.15, 0.2) is 0 Å². The number of methoxy groups -OCH3 is 2. The average molecular weight is 332 g/mol. The third-order valence-electron chi connectivity index (χ3n) is 3.69. The molecule has 0 bridgehead atoms. The number of esters is 2. The summed E-state index contributed by atoms with van der Waals surface area (Å²) in [4.78, 5) is 23.4. The van der Waals surface area contributed by atoms with Crippen LogP contribution in [0.5, 0.6) is 0 Å². The van der Waals surface area contributed by atoms with Crippen molar-refractivity contribution < 1.29 is 33.3 Å². The van der Waals surface area contributed by atoms with Crippen LogP contribution in [0.1, 0.15) is 33.1 Å². The summed E-state index contributed by atoms with van der Waals surface area (Å²) in [7, 11) is 3.03. The first-order valence-corrected chi connectivity index (χ1v) is 7.94. The molecule has 0 aliphatic carbocycles. The molecule has 1 unspecified atom stereocenters. The highest BCUT2D eigenvalue weighted by atomic mass is 16.6. The first kappa shape index (κ1) is 19.9. The second-order valence-corrected chi connectivity index (χ2v) is 5.90. The minimum Gasteiger partial charge on any atom is -0.463 e. The summed E-state index contributed by atoms with van der Waals surface area (Å²) < 4.78 is 25.9. The van der Waals surface area contributed by atoms with Crippen LogP contribution in [-0.4, -0.2) is 64.3 Å². The Bertz CT molecular complexity index is 365. The smallest absolute Gasteiger partial charge is 0.306 e. The fraction of sp³-hybridized carbons (Fsp3) is 0.875. The topological polar surface area (TPSA) is 80.3 Å². The van der Waals surface area contributed by atoms with Crippen LogP contribution in [-0.2, 0) is 33.3 Å². The zero-order valence-electron chi connectivity index (χ0n) is 14.4. The number of hydrogen-bond donors (Lipinski definition) is 0. The molecule has 1 rings (SSSR count). The second-order valence-electron chi connectivity index (χ2n) is 5.90. The van der Waals surface area contributed by atoms with Crippen molar-refractivity contribution in [1.82, 2.24) is 0 Å². The number of ether oxygens (including phenoxy) is 5. The van der Waals surface area contributed by atoms with Gasteiger partial charge in [-0.3, -0.25) is 9.59 Å². The van der Waals surface area contributed by atoms with Crippen LogP contribution in [0, 0.1) is 5.92 Å². The van der Waals surface area contributed by atoms with Crippen molar-refractivity contribution in [3.63, 3.8) is 0 Å². The second kappa shape index (κ2) is 10.6. The Labute approximate surface area is 137 Å². The molecule has 23 heavy (non-hydrogen) atoms. The molecule has 3 atom stereocenters. The molecule has 0 aromatic rings. The number of hydrogen-bond acceptors (Lipinski definition) is 7. The number of carbonyl (C=O) groups excluding carboxylic acids is 2. The standard InChI is InChI=1S/C16H28O7/c1-11-7-12(2)22-14(11)10-21-15(17)5-6-16(18)23-13(8-19-3)9-20-4/h11-14H,5-10H2,1-4H3/t11-,12?,14-/m0/s1. The van der Waals surface area contributed by atoms with Gasteiger partial charge in [-0.1, -0.05) is 6.92 Å². The van der Waals surface area contributed by atoms with Gasteiger partial charge in [-0.2, -0.15) is 0 Å². The normalized spacial score (nSPS) is 24.0. The monoisotopic (exact) mass is 332 g/mol. The zero-order valence-corrected chi connectivity index (χ0v) is 14.4. The van der Waals surface area contributed by atoms with Gasteiger partial charge in [-0.25, -0.2) is 0 Å².